The highest BCUT2D eigenvalue weighted by molar-refractivity contribution is 6.62. The number of halogens is 1. The molecule has 4 rings (SSSR count). The molecule has 0 N–H and O–H groups in total. The molecule has 0 aromatic heterocycles. The summed E-state index contributed by atoms with van der Waals surface area (Å²) in [6, 6.07) is 10.1. The van der Waals surface area contributed by atoms with E-state index in [0.717, 1.165) is 16.7 Å². The van der Waals surface area contributed by atoms with Crippen LogP contribution in [-0.2, 0) is 15.9 Å². The molecule has 0 unspecified atom stereocenters. The maximum absolute atomic E-state index is 13.5. The number of rotatable bonds is 2. The number of benzene rings is 2. The van der Waals surface area contributed by atoms with Crippen molar-refractivity contribution in [3.63, 3.8) is 0 Å². The van der Waals surface area contributed by atoms with Gasteiger partial charge in [0.1, 0.15) is 5.82 Å². The number of fused-ring (bicyclic) bond motifs is 1. The summed E-state index contributed by atoms with van der Waals surface area (Å²) in [6.07, 6.45) is 0. The quantitative estimate of drug-likeness (QED) is 0.762. The largest absolute Gasteiger partial charge is 0.495 e. The van der Waals surface area contributed by atoms with Crippen LogP contribution >= 0.6 is 0 Å². The summed E-state index contributed by atoms with van der Waals surface area (Å²) in [6.45, 7) is 10.4. The molecule has 0 aliphatic carbocycles. The van der Waals surface area contributed by atoms with Gasteiger partial charge >= 0.3 is 7.12 Å². The van der Waals surface area contributed by atoms with Crippen molar-refractivity contribution in [2.75, 3.05) is 4.90 Å². The highest BCUT2D eigenvalue weighted by Gasteiger charge is 2.52. The Balaban J connectivity index is 1.69. The minimum Gasteiger partial charge on any atom is -0.399 e. The number of carbonyl (C=O) groups excluding carboxylic acids is 1. The van der Waals surface area contributed by atoms with Crippen molar-refractivity contribution in [1.29, 1.82) is 0 Å². The molecule has 1 amide bonds. The first-order valence-corrected chi connectivity index (χ1v) is 9.16. The predicted octanol–water partition coefficient (Wildman–Crippen LogP) is 3.59. The summed E-state index contributed by atoms with van der Waals surface area (Å²) in [5.74, 6) is -0.440. The molecule has 140 valence electrons. The van der Waals surface area contributed by atoms with Crippen LogP contribution in [0.25, 0.3) is 0 Å². The Morgan fingerprint density at radius 2 is 1.74 bits per heavy atom. The summed E-state index contributed by atoms with van der Waals surface area (Å²) in [5, 5.41) is 0. The summed E-state index contributed by atoms with van der Waals surface area (Å²) >= 11 is 0. The molecule has 27 heavy (non-hydrogen) atoms. The summed E-state index contributed by atoms with van der Waals surface area (Å²) < 4.78 is 25.9. The Kier molecular flexibility index (Phi) is 3.98. The van der Waals surface area contributed by atoms with E-state index >= 15 is 0 Å². The number of nitrogens with zero attached hydrogens (tertiary/aromatic N) is 1. The molecule has 2 aromatic carbocycles. The van der Waals surface area contributed by atoms with Crippen LogP contribution in [0.3, 0.4) is 0 Å². The molecule has 0 bridgehead atoms. The third-order valence-electron chi connectivity index (χ3n) is 6.02. The topological polar surface area (TPSA) is 38.8 Å². The monoisotopic (exact) mass is 367 g/mol. The van der Waals surface area contributed by atoms with Gasteiger partial charge in [-0.05, 0) is 75.5 Å². The van der Waals surface area contributed by atoms with E-state index in [1.54, 1.807) is 11.0 Å². The number of amides is 1. The fraction of sp³-hybridized carbons (Fsp3) is 0.381. The van der Waals surface area contributed by atoms with Crippen molar-refractivity contribution in [1.82, 2.24) is 0 Å². The molecule has 4 nitrogen and oxygen atoms in total. The zero-order valence-corrected chi connectivity index (χ0v) is 16.3. The molecule has 1 fully saturated rings. The molecular weight excluding hydrogens is 344 g/mol. The predicted molar refractivity (Wildman–Crippen MR) is 104 cm³/mol. The van der Waals surface area contributed by atoms with Gasteiger partial charge in [0.2, 0.25) is 0 Å². The molecule has 0 radical (unpaired) electrons. The van der Waals surface area contributed by atoms with Gasteiger partial charge in [0.25, 0.3) is 5.91 Å². The van der Waals surface area contributed by atoms with Crippen LogP contribution in [0, 0.1) is 12.7 Å². The van der Waals surface area contributed by atoms with E-state index < -0.39 is 18.3 Å². The second kappa shape index (κ2) is 5.91. The van der Waals surface area contributed by atoms with Gasteiger partial charge in [-0.25, -0.2) is 4.39 Å². The lowest BCUT2D eigenvalue weighted by Crippen LogP contribution is -2.41. The zero-order valence-electron chi connectivity index (χ0n) is 16.3. The molecule has 6 heteroatoms. The van der Waals surface area contributed by atoms with Gasteiger partial charge in [0, 0.05) is 11.3 Å². The van der Waals surface area contributed by atoms with E-state index in [4.69, 9.17) is 9.31 Å². The Bertz CT molecular complexity index is 925. The van der Waals surface area contributed by atoms with Crippen molar-refractivity contribution in [3.05, 3.63) is 58.9 Å². The van der Waals surface area contributed by atoms with E-state index in [9.17, 15) is 9.18 Å². The number of anilines is 1. The van der Waals surface area contributed by atoms with Gasteiger partial charge in [0.15, 0.2) is 0 Å². The zero-order chi connectivity index (χ0) is 19.6. The van der Waals surface area contributed by atoms with E-state index in [1.807, 2.05) is 52.8 Å². The summed E-state index contributed by atoms with van der Waals surface area (Å²) in [4.78, 5) is 14.5. The van der Waals surface area contributed by atoms with Crippen LogP contribution in [0.2, 0.25) is 0 Å². The SMILES string of the molecule is Cc1c(B2OC(C)(C)C(C)(C)O2)cccc1N1Cc2cc(F)ccc2C1=O. The van der Waals surface area contributed by atoms with Crippen molar-refractivity contribution in [2.24, 2.45) is 0 Å². The standard InChI is InChI=1S/C21H23BFNO3/c1-13-17(22-26-20(2,3)21(4,5)27-22)7-6-8-18(13)24-12-14-11-15(23)9-10-16(14)19(24)25/h6-11H,12H2,1-5H3. The van der Waals surface area contributed by atoms with E-state index in [0.29, 0.717) is 17.7 Å². The van der Waals surface area contributed by atoms with Crippen LogP contribution in [0.4, 0.5) is 10.1 Å². The molecule has 2 aromatic rings. The molecule has 2 aliphatic heterocycles. The lowest BCUT2D eigenvalue weighted by molar-refractivity contribution is 0.00578. The van der Waals surface area contributed by atoms with E-state index in [1.165, 1.54) is 12.1 Å². The third kappa shape index (κ3) is 2.79. The van der Waals surface area contributed by atoms with Crippen LogP contribution in [0.1, 0.15) is 49.2 Å². The second-order valence-corrected chi connectivity index (χ2v) is 8.27. The smallest absolute Gasteiger partial charge is 0.399 e. The van der Waals surface area contributed by atoms with E-state index in [2.05, 4.69) is 0 Å². The Hall–Kier alpha value is -2.18. The molecule has 0 saturated carbocycles. The fourth-order valence-corrected chi connectivity index (χ4v) is 3.64. The van der Waals surface area contributed by atoms with Gasteiger partial charge in [-0.1, -0.05) is 12.1 Å². The molecule has 0 spiro atoms. The maximum atomic E-state index is 13.5. The normalized spacial score (nSPS) is 20.3. The Labute approximate surface area is 159 Å². The number of hydrogen-bond donors (Lipinski definition) is 0. The van der Waals surface area contributed by atoms with Gasteiger partial charge in [-0.3, -0.25) is 4.79 Å². The highest BCUT2D eigenvalue weighted by Crippen LogP contribution is 2.37. The Morgan fingerprint density at radius 3 is 2.41 bits per heavy atom. The average molecular weight is 367 g/mol. The minimum atomic E-state index is -0.493. The van der Waals surface area contributed by atoms with Crippen molar-refractivity contribution in [2.45, 2.75) is 52.4 Å². The van der Waals surface area contributed by atoms with Crippen molar-refractivity contribution < 1.29 is 18.5 Å². The van der Waals surface area contributed by atoms with Crippen LogP contribution in [0.5, 0.6) is 0 Å². The molecular formula is C21H23BFNO3. The number of hydrogen-bond acceptors (Lipinski definition) is 3. The highest BCUT2D eigenvalue weighted by atomic mass is 19.1. The van der Waals surface area contributed by atoms with Crippen LogP contribution in [0.15, 0.2) is 36.4 Å². The van der Waals surface area contributed by atoms with Gasteiger partial charge in [-0.2, -0.15) is 0 Å². The molecule has 1 saturated heterocycles. The van der Waals surface area contributed by atoms with Gasteiger partial charge < -0.3 is 14.2 Å². The average Bonchev–Trinajstić information content (AvgIpc) is 3.00. The first kappa shape index (κ1) is 18.2. The van der Waals surface area contributed by atoms with Crippen LogP contribution in [-0.4, -0.2) is 24.2 Å². The first-order chi connectivity index (χ1) is 12.6. The van der Waals surface area contributed by atoms with Crippen LogP contribution < -0.4 is 10.4 Å². The molecule has 2 heterocycles. The molecule has 2 aliphatic rings. The fourth-order valence-electron chi connectivity index (χ4n) is 3.64. The summed E-state index contributed by atoms with van der Waals surface area (Å²) in [5.41, 5.74) is 3.02. The van der Waals surface area contributed by atoms with Crippen molar-refractivity contribution in [3.8, 4) is 0 Å². The maximum Gasteiger partial charge on any atom is 0.495 e. The molecule has 0 atom stereocenters. The summed E-state index contributed by atoms with van der Waals surface area (Å²) in [7, 11) is -0.493. The lowest BCUT2D eigenvalue weighted by atomic mass is 9.75. The second-order valence-electron chi connectivity index (χ2n) is 8.27. The first-order valence-electron chi connectivity index (χ1n) is 9.16. The minimum absolute atomic E-state index is 0.112. The van der Waals surface area contributed by atoms with Crippen molar-refractivity contribution >= 4 is 24.2 Å². The Morgan fingerprint density at radius 1 is 1.07 bits per heavy atom. The van der Waals surface area contributed by atoms with Gasteiger partial charge in [0.05, 0.1) is 17.7 Å². The van der Waals surface area contributed by atoms with Gasteiger partial charge in [-0.15, -0.1) is 0 Å². The lowest BCUT2D eigenvalue weighted by Gasteiger charge is -2.32. The number of carbonyl (C=O) groups is 1. The van der Waals surface area contributed by atoms with E-state index in [-0.39, 0.29) is 11.7 Å². The third-order valence-corrected chi connectivity index (χ3v) is 6.02.